The van der Waals surface area contributed by atoms with Crippen LogP contribution in [-0.2, 0) is 4.79 Å². The van der Waals surface area contributed by atoms with Crippen molar-refractivity contribution < 1.29 is 19.6 Å². The molecule has 1 saturated heterocycles. The van der Waals surface area contributed by atoms with Gasteiger partial charge in [0.25, 0.3) is 5.91 Å². The minimum absolute atomic E-state index is 0.0479. The fourth-order valence-corrected chi connectivity index (χ4v) is 3.26. The summed E-state index contributed by atoms with van der Waals surface area (Å²) in [4.78, 5) is 27.3. The molecular weight excluding hydrogens is 370 g/mol. The number of para-hydroxylation sites is 1. The molecule has 1 aliphatic rings. The molecule has 0 atom stereocenters. The minimum Gasteiger partial charge on any atom is -0.500 e. The number of aromatic hydroxyl groups is 1. The maximum Gasteiger partial charge on any atom is 0.315 e. The van der Waals surface area contributed by atoms with E-state index in [1.165, 1.54) is 25.3 Å². The van der Waals surface area contributed by atoms with Crippen LogP contribution in [0.15, 0.2) is 46.3 Å². The molecular formula is C18H15N3O5S. The van der Waals surface area contributed by atoms with Crippen LogP contribution in [0.4, 0.5) is 11.4 Å². The number of phenolic OH excluding ortho intramolecular Hbond substituents is 1. The number of hydrogen-bond donors (Lipinski definition) is 2. The fraction of sp³-hybridized carbons (Fsp3) is 0.111. The summed E-state index contributed by atoms with van der Waals surface area (Å²) in [5.41, 5.74) is 1.56. The molecule has 9 heteroatoms. The number of nitro groups is 1. The quantitative estimate of drug-likeness (QED) is 0.473. The lowest BCUT2D eigenvalue weighted by molar-refractivity contribution is -0.386. The van der Waals surface area contributed by atoms with Gasteiger partial charge in [0.05, 0.1) is 22.6 Å². The van der Waals surface area contributed by atoms with Crippen LogP contribution >= 0.6 is 11.8 Å². The van der Waals surface area contributed by atoms with E-state index in [1.54, 1.807) is 0 Å². The molecule has 0 aliphatic carbocycles. The smallest absolute Gasteiger partial charge is 0.315 e. The van der Waals surface area contributed by atoms with Crippen molar-refractivity contribution in [3.63, 3.8) is 0 Å². The summed E-state index contributed by atoms with van der Waals surface area (Å²) in [5, 5.41) is 24.0. The summed E-state index contributed by atoms with van der Waals surface area (Å²) < 4.78 is 4.97. The Kier molecular flexibility index (Phi) is 5.13. The Morgan fingerprint density at radius 3 is 2.74 bits per heavy atom. The van der Waals surface area contributed by atoms with Crippen molar-refractivity contribution in [2.45, 2.75) is 6.92 Å². The second kappa shape index (κ2) is 7.50. The Morgan fingerprint density at radius 2 is 2.07 bits per heavy atom. The Hall–Kier alpha value is -3.33. The Bertz CT molecular complexity index is 1000. The van der Waals surface area contributed by atoms with E-state index in [2.05, 4.69) is 10.3 Å². The molecule has 1 aliphatic heterocycles. The van der Waals surface area contributed by atoms with Gasteiger partial charge in [0.15, 0.2) is 10.9 Å². The van der Waals surface area contributed by atoms with Crippen LogP contribution in [0, 0.1) is 17.0 Å². The molecule has 0 radical (unpaired) electrons. The molecule has 2 aromatic carbocycles. The summed E-state index contributed by atoms with van der Waals surface area (Å²) in [6.07, 6.45) is 1.48. The number of benzene rings is 2. The number of hydrogen-bond acceptors (Lipinski definition) is 7. The van der Waals surface area contributed by atoms with Crippen LogP contribution in [0.5, 0.6) is 11.5 Å². The molecule has 2 N–H and O–H groups in total. The normalized spacial score (nSPS) is 16.6. The second-order valence-electron chi connectivity index (χ2n) is 5.62. The van der Waals surface area contributed by atoms with E-state index < -0.39 is 16.4 Å². The number of amidine groups is 1. The van der Waals surface area contributed by atoms with Crippen molar-refractivity contribution in [3.8, 4) is 11.5 Å². The van der Waals surface area contributed by atoms with Crippen LogP contribution in [0.2, 0.25) is 0 Å². The number of phenols is 1. The molecule has 1 heterocycles. The zero-order chi connectivity index (χ0) is 19.6. The van der Waals surface area contributed by atoms with Gasteiger partial charge in [0.1, 0.15) is 0 Å². The Labute approximate surface area is 158 Å². The predicted molar refractivity (Wildman–Crippen MR) is 103 cm³/mol. The standard InChI is InChI=1S/C18H15N3O5S/c1-10-5-3-4-6-12(10)19-18-20-17(23)15(27-18)9-11-7-13(21(24)25)16(22)14(8-11)26-2/h3-9,22H,1-2H3,(H,19,20,23)/b15-9+. The van der Waals surface area contributed by atoms with Crippen molar-refractivity contribution in [2.75, 3.05) is 7.11 Å². The number of ether oxygens (including phenoxy) is 1. The number of amides is 1. The van der Waals surface area contributed by atoms with E-state index in [0.717, 1.165) is 23.0 Å². The van der Waals surface area contributed by atoms with Crippen LogP contribution in [0.3, 0.4) is 0 Å². The summed E-state index contributed by atoms with van der Waals surface area (Å²) in [6, 6.07) is 10.1. The minimum atomic E-state index is -0.715. The summed E-state index contributed by atoms with van der Waals surface area (Å²) in [5.74, 6) is -0.967. The van der Waals surface area contributed by atoms with Gasteiger partial charge in [-0.3, -0.25) is 14.9 Å². The van der Waals surface area contributed by atoms with Gasteiger partial charge in [0.2, 0.25) is 5.75 Å². The van der Waals surface area contributed by atoms with Crippen molar-refractivity contribution >= 4 is 40.3 Å². The average Bonchev–Trinajstić information content (AvgIpc) is 2.97. The van der Waals surface area contributed by atoms with Gasteiger partial charge in [0, 0.05) is 6.07 Å². The number of nitro benzene ring substituents is 1. The van der Waals surface area contributed by atoms with Crippen LogP contribution in [-0.4, -0.2) is 28.2 Å². The molecule has 0 saturated carbocycles. The lowest BCUT2D eigenvalue weighted by Gasteiger charge is -2.05. The van der Waals surface area contributed by atoms with E-state index in [1.807, 2.05) is 31.2 Å². The summed E-state index contributed by atoms with van der Waals surface area (Å²) in [6.45, 7) is 1.92. The topological polar surface area (TPSA) is 114 Å². The van der Waals surface area contributed by atoms with Crippen molar-refractivity contribution in [2.24, 2.45) is 4.99 Å². The first-order valence-electron chi connectivity index (χ1n) is 7.79. The van der Waals surface area contributed by atoms with Gasteiger partial charge < -0.3 is 15.2 Å². The van der Waals surface area contributed by atoms with Gasteiger partial charge in [-0.1, -0.05) is 18.2 Å². The fourth-order valence-electron chi connectivity index (χ4n) is 2.42. The lowest BCUT2D eigenvalue weighted by Crippen LogP contribution is -2.19. The van der Waals surface area contributed by atoms with Crippen molar-refractivity contribution in [1.29, 1.82) is 0 Å². The highest BCUT2D eigenvalue weighted by molar-refractivity contribution is 8.18. The molecule has 2 aromatic rings. The molecule has 1 amide bonds. The Morgan fingerprint density at radius 1 is 1.33 bits per heavy atom. The SMILES string of the molecule is COc1cc(/C=C2/SC(=Nc3ccccc3C)NC2=O)cc([N+](=O)[O-])c1O. The van der Waals surface area contributed by atoms with E-state index in [-0.39, 0.29) is 11.7 Å². The highest BCUT2D eigenvalue weighted by Gasteiger charge is 2.25. The number of methoxy groups -OCH3 is 1. The van der Waals surface area contributed by atoms with Gasteiger partial charge in [-0.25, -0.2) is 4.99 Å². The third kappa shape index (κ3) is 3.93. The summed E-state index contributed by atoms with van der Waals surface area (Å²) >= 11 is 1.13. The molecule has 27 heavy (non-hydrogen) atoms. The van der Waals surface area contributed by atoms with Crippen molar-refractivity contribution in [1.82, 2.24) is 5.32 Å². The first-order chi connectivity index (χ1) is 12.9. The van der Waals surface area contributed by atoms with Gasteiger partial charge in [-0.15, -0.1) is 0 Å². The molecule has 1 fully saturated rings. The number of carbonyl (C=O) groups excluding carboxylic acids is 1. The van der Waals surface area contributed by atoms with E-state index >= 15 is 0 Å². The highest BCUT2D eigenvalue weighted by Crippen LogP contribution is 2.38. The van der Waals surface area contributed by atoms with E-state index in [4.69, 9.17) is 4.74 Å². The van der Waals surface area contributed by atoms with Crippen LogP contribution < -0.4 is 10.1 Å². The third-order valence-corrected chi connectivity index (χ3v) is 4.69. The zero-order valence-electron chi connectivity index (χ0n) is 14.4. The number of nitrogens with one attached hydrogen (secondary N) is 1. The molecule has 3 rings (SSSR count). The number of aliphatic imine (C=N–C) groups is 1. The average molecular weight is 385 g/mol. The number of nitrogens with zero attached hydrogens (tertiary/aromatic N) is 2. The van der Waals surface area contributed by atoms with Crippen LogP contribution in [0.1, 0.15) is 11.1 Å². The third-order valence-electron chi connectivity index (χ3n) is 3.78. The zero-order valence-corrected chi connectivity index (χ0v) is 15.2. The monoisotopic (exact) mass is 385 g/mol. The first-order valence-corrected chi connectivity index (χ1v) is 8.61. The number of aryl methyl sites for hydroxylation is 1. The summed E-state index contributed by atoms with van der Waals surface area (Å²) in [7, 11) is 1.29. The molecule has 0 spiro atoms. The number of carbonyl (C=O) groups is 1. The number of rotatable bonds is 4. The largest absolute Gasteiger partial charge is 0.500 e. The van der Waals surface area contributed by atoms with E-state index in [9.17, 15) is 20.0 Å². The number of thioether (sulfide) groups is 1. The molecule has 0 aromatic heterocycles. The van der Waals surface area contributed by atoms with Gasteiger partial charge >= 0.3 is 5.69 Å². The molecule has 138 valence electrons. The predicted octanol–water partition coefficient (Wildman–Crippen LogP) is 3.51. The Balaban J connectivity index is 1.94. The van der Waals surface area contributed by atoms with Crippen molar-refractivity contribution in [3.05, 3.63) is 62.5 Å². The second-order valence-corrected chi connectivity index (χ2v) is 6.65. The maximum atomic E-state index is 12.2. The first kappa shape index (κ1) is 18.5. The highest BCUT2D eigenvalue weighted by atomic mass is 32.2. The maximum absolute atomic E-state index is 12.2. The van der Waals surface area contributed by atoms with Crippen LogP contribution in [0.25, 0.3) is 6.08 Å². The molecule has 0 bridgehead atoms. The lowest BCUT2D eigenvalue weighted by atomic mass is 10.1. The molecule has 8 nitrogen and oxygen atoms in total. The molecule has 0 unspecified atom stereocenters. The van der Waals surface area contributed by atoms with E-state index in [0.29, 0.717) is 15.6 Å². The van der Waals surface area contributed by atoms with Gasteiger partial charge in [-0.05, 0) is 48.0 Å². The van der Waals surface area contributed by atoms with Gasteiger partial charge in [-0.2, -0.15) is 0 Å².